The van der Waals surface area contributed by atoms with Crippen LogP contribution in [0.2, 0.25) is 5.02 Å². The molecule has 0 unspecified atom stereocenters. The maximum Gasteiger partial charge on any atom is 0.314 e. The Kier molecular flexibility index (Phi) is 9.05. The van der Waals surface area contributed by atoms with Crippen molar-refractivity contribution in [1.82, 2.24) is 0 Å². The largest absolute Gasteiger partial charge is 0.425 e. The third-order valence-electron chi connectivity index (χ3n) is 8.11. The van der Waals surface area contributed by atoms with Gasteiger partial charge in [0.15, 0.2) is 0 Å². The number of ether oxygens (including phenoxy) is 1. The molecule has 0 saturated heterocycles. The molecule has 2 aliphatic rings. The Bertz CT molecular complexity index is 925. The van der Waals surface area contributed by atoms with Crippen LogP contribution < -0.4 is 4.74 Å². The zero-order chi connectivity index (χ0) is 23.9. The van der Waals surface area contributed by atoms with E-state index < -0.39 is 5.82 Å². The molecule has 0 N–H and O–H groups in total. The van der Waals surface area contributed by atoms with E-state index in [1.165, 1.54) is 80.7 Å². The van der Waals surface area contributed by atoms with Crippen LogP contribution in [0.5, 0.6) is 5.75 Å². The molecule has 2 aromatic rings. The van der Waals surface area contributed by atoms with Crippen molar-refractivity contribution in [3.63, 3.8) is 0 Å². The molecule has 0 heterocycles. The Morgan fingerprint density at radius 3 is 2.03 bits per heavy atom. The van der Waals surface area contributed by atoms with Gasteiger partial charge in [-0.2, -0.15) is 0 Å². The van der Waals surface area contributed by atoms with E-state index in [1.807, 2.05) is 0 Å². The maximum absolute atomic E-state index is 13.2. The lowest BCUT2D eigenvalue weighted by Gasteiger charge is -2.30. The highest BCUT2D eigenvalue weighted by Gasteiger charge is 2.29. The summed E-state index contributed by atoms with van der Waals surface area (Å²) in [6, 6.07) is 13.2. The van der Waals surface area contributed by atoms with E-state index in [1.54, 1.807) is 0 Å². The molecule has 4 rings (SSSR count). The third-order valence-corrected chi connectivity index (χ3v) is 8.40. The second kappa shape index (κ2) is 12.2. The van der Waals surface area contributed by atoms with Gasteiger partial charge in [0.1, 0.15) is 11.6 Å². The lowest BCUT2D eigenvalue weighted by atomic mass is 9.76. The van der Waals surface area contributed by atoms with Crippen molar-refractivity contribution in [2.24, 2.45) is 11.8 Å². The summed E-state index contributed by atoms with van der Waals surface area (Å²) in [4.78, 5) is 12.6. The minimum Gasteiger partial charge on any atom is -0.425 e. The highest BCUT2D eigenvalue weighted by molar-refractivity contribution is 6.32. The number of hydrogen-bond acceptors (Lipinski definition) is 2. The van der Waals surface area contributed by atoms with Crippen LogP contribution >= 0.6 is 11.6 Å². The third kappa shape index (κ3) is 6.62. The molecule has 2 aromatic carbocycles. The van der Waals surface area contributed by atoms with Gasteiger partial charge in [0.05, 0.1) is 10.9 Å². The standard InChI is InChI=1S/C30H38ClFO2/c1-2-3-4-5-21-6-8-22(9-7-21)23-10-12-24(13-11-23)25-14-16-26(17-15-25)30(33)34-29-19-18-27(32)20-28(29)31/h10-13,18-22,25-26H,2-9,14-17H2,1H3/t21-,22-,25-,26-. The number of hydrogen-bond donors (Lipinski definition) is 0. The van der Waals surface area contributed by atoms with Crippen LogP contribution in [-0.2, 0) is 4.79 Å². The summed E-state index contributed by atoms with van der Waals surface area (Å²) in [6.07, 6.45) is 14.6. The van der Waals surface area contributed by atoms with Crippen LogP contribution in [0.3, 0.4) is 0 Å². The number of esters is 1. The maximum atomic E-state index is 13.2. The predicted octanol–water partition coefficient (Wildman–Crippen LogP) is 9.21. The topological polar surface area (TPSA) is 26.3 Å². The molecular formula is C30H38ClFO2. The molecule has 34 heavy (non-hydrogen) atoms. The van der Waals surface area contributed by atoms with Gasteiger partial charge in [0.2, 0.25) is 0 Å². The van der Waals surface area contributed by atoms with E-state index in [9.17, 15) is 9.18 Å². The highest BCUT2D eigenvalue weighted by atomic mass is 35.5. The monoisotopic (exact) mass is 484 g/mol. The van der Waals surface area contributed by atoms with Gasteiger partial charge in [-0.15, -0.1) is 0 Å². The van der Waals surface area contributed by atoms with Crippen molar-refractivity contribution in [2.45, 2.75) is 95.8 Å². The van der Waals surface area contributed by atoms with Crippen molar-refractivity contribution < 1.29 is 13.9 Å². The first-order chi connectivity index (χ1) is 16.5. The van der Waals surface area contributed by atoms with E-state index in [0.717, 1.165) is 37.5 Å². The van der Waals surface area contributed by atoms with E-state index in [-0.39, 0.29) is 22.7 Å². The lowest BCUT2D eigenvalue weighted by Crippen LogP contribution is -2.25. The quantitative estimate of drug-likeness (QED) is 0.212. The van der Waals surface area contributed by atoms with Gasteiger partial charge in [-0.1, -0.05) is 68.5 Å². The first kappa shape index (κ1) is 25.2. The molecular weight excluding hydrogens is 447 g/mol. The predicted molar refractivity (Wildman–Crippen MR) is 137 cm³/mol. The summed E-state index contributed by atoms with van der Waals surface area (Å²) in [7, 11) is 0. The number of carbonyl (C=O) groups excluding carboxylic acids is 1. The first-order valence-corrected chi connectivity index (χ1v) is 13.7. The van der Waals surface area contributed by atoms with E-state index in [0.29, 0.717) is 5.92 Å². The molecule has 2 nitrogen and oxygen atoms in total. The van der Waals surface area contributed by atoms with Crippen molar-refractivity contribution >= 4 is 17.6 Å². The smallest absolute Gasteiger partial charge is 0.314 e. The second-order valence-corrected chi connectivity index (χ2v) is 10.8. The fraction of sp³-hybridized carbons (Fsp3) is 0.567. The molecule has 2 fully saturated rings. The Hall–Kier alpha value is -1.87. The van der Waals surface area contributed by atoms with Crippen molar-refractivity contribution in [2.75, 3.05) is 0 Å². The number of halogens is 2. The summed E-state index contributed by atoms with van der Waals surface area (Å²) in [5.74, 6) is 1.59. The molecule has 0 radical (unpaired) electrons. The lowest BCUT2D eigenvalue weighted by molar-refractivity contribution is -0.140. The summed E-state index contributed by atoms with van der Waals surface area (Å²) in [5.41, 5.74) is 2.90. The molecule has 2 aliphatic carbocycles. The molecule has 0 bridgehead atoms. The van der Waals surface area contributed by atoms with Gasteiger partial charge in [-0.05, 0) is 98.4 Å². The average Bonchev–Trinajstić information content (AvgIpc) is 2.86. The Labute approximate surface area is 209 Å². The van der Waals surface area contributed by atoms with Crippen molar-refractivity contribution in [3.05, 3.63) is 64.4 Å². The molecule has 184 valence electrons. The van der Waals surface area contributed by atoms with Crippen LogP contribution in [0.15, 0.2) is 42.5 Å². The fourth-order valence-electron chi connectivity index (χ4n) is 5.92. The zero-order valence-electron chi connectivity index (χ0n) is 20.4. The average molecular weight is 485 g/mol. The van der Waals surface area contributed by atoms with Crippen LogP contribution in [0.25, 0.3) is 0 Å². The molecule has 0 aromatic heterocycles. The van der Waals surface area contributed by atoms with Crippen LogP contribution in [-0.4, -0.2) is 5.97 Å². The summed E-state index contributed by atoms with van der Waals surface area (Å²) in [6.45, 7) is 2.28. The number of carbonyl (C=O) groups is 1. The highest BCUT2D eigenvalue weighted by Crippen LogP contribution is 2.40. The van der Waals surface area contributed by atoms with E-state index in [2.05, 4.69) is 31.2 Å². The molecule has 0 spiro atoms. The Balaban J connectivity index is 1.24. The molecule has 4 heteroatoms. The number of rotatable bonds is 8. The number of benzene rings is 2. The van der Waals surface area contributed by atoms with Gasteiger partial charge in [0.25, 0.3) is 0 Å². The summed E-state index contributed by atoms with van der Waals surface area (Å²) >= 11 is 6.00. The first-order valence-electron chi connectivity index (χ1n) is 13.3. The molecule has 0 aliphatic heterocycles. The minimum atomic E-state index is -0.439. The molecule has 0 amide bonds. The fourth-order valence-corrected chi connectivity index (χ4v) is 6.13. The van der Waals surface area contributed by atoms with Crippen LogP contribution in [0.4, 0.5) is 4.39 Å². The molecule has 0 atom stereocenters. The number of unbranched alkanes of at least 4 members (excludes halogenated alkanes) is 2. The molecule has 2 saturated carbocycles. The van der Waals surface area contributed by atoms with Gasteiger partial charge < -0.3 is 4.74 Å². The van der Waals surface area contributed by atoms with Gasteiger partial charge in [-0.3, -0.25) is 4.79 Å². The van der Waals surface area contributed by atoms with E-state index >= 15 is 0 Å². The Morgan fingerprint density at radius 2 is 1.47 bits per heavy atom. The van der Waals surface area contributed by atoms with Gasteiger partial charge in [0, 0.05) is 0 Å². The van der Waals surface area contributed by atoms with Crippen LogP contribution in [0.1, 0.15) is 107 Å². The van der Waals surface area contributed by atoms with E-state index in [4.69, 9.17) is 16.3 Å². The SMILES string of the molecule is CCCCC[C@H]1CC[C@H](c2ccc([C@H]3CC[C@H](C(=O)Oc4ccc(F)cc4Cl)CC3)cc2)CC1. The van der Waals surface area contributed by atoms with Crippen LogP contribution in [0, 0.1) is 17.7 Å². The van der Waals surface area contributed by atoms with Crippen molar-refractivity contribution in [1.29, 1.82) is 0 Å². The summed E-state index contributed by atoms with van der Waals surface area (Å²) in [5, 5.41) is 0.132. The summed E-state index contributed by atoms with van der Waals surface area (Å²) < 4.78 is 18.7. The minimum absolute atomic E-state index is 0.121. The van der Waals surface area contributed by atoms with Gasteiger partial charge >= 0.3 is 5.97 Å². The second-order valence-electron chi connectivity index (χ2n) is 10.4. The van der Waals surface area contributed by atoms with Crippen molar-refractivity contribution in [3.8, 4) is 5.75 Å². The zero-order valence-corrected chi connectivity index (χ0v) is 21.2. The normalized spacial score (nSPS) is 25.1. The Morgan fingerprint density at radius 1 is 0.882 bits per heavy atom. The van der Waals surface area contributed by atoms with Gasteiger partial charge in [-0.25, -0.2) is 4.39 Å².